The minimum absolute atomic E-state index is 0.182. The molecule has 0 aliphatic rings. The van der Waals surface area contributed by atoms with Crippen molar-refractivity contribution in [1.29, 1.82) is 0 Å². The smallest absolute Gasteiger partial charge is 0.311 e. The van der Waals surface area contributed by atoms with E-state index < -0.39 is 16.2 Å². The van der Waals surface area contributed by atoms with Crippen LogP contribution in [0.3, 0.4) is 0 Å². The van der Waals surface area contributed by atoms with Crippen molar-refractivity contribution >= 4 is 89.5 Å². The summed E-state index contributed by atoms with van der Waals surface area (Å²) in [5, 5.41) is 0. The van der Waals surface area contributed by atoms with E-state index in [0.29, 0.717) is 175 Å². The third kappa shape index (κ3) is 92.9. The molecule has 784 valence electrons. The van der Waals surface area contributed by atoms with Crippen LogP contribution in [-0.2, 0) is 143 Å². The van der Waals surface area contributed by atoms with Crippen LogP contribution in [0, 0.1) is 16.2 Å². The van der Waals surface area contributed by atoms with Gasteiger partial charge in [-0.1, -0.05) is 141 Å². The number of carbonyl (C=O) groups excluding carboxylic acids is 15. The first kappa shape index (κ1) is 134. The van der Waals surface area contributed by atoms with E-state index in [2.05, 4.69) is 20.8 Å². The van der Waals surface area contributed by atoms with Gasteiger partial charge in [0.15, 0.2) is 0 Å². The predicted octanol–water partition coefficient (Wildman–Crippen LogP) is 14.7. The highest BCUT2D eigenvalue weighted by Crippen LogP contribution is 2.18. The summed E-state index contributed by atoms with van der Waals surface area (Å²) in [6.45, 7) is 50.8. The fourth-order valence-corrected chi connectivity index (χ4v) is 10.7. The third-order valence-corrected chi connectivity index (χ3v) is 19.2. The SMILES string of the molecule is CC(C)(C)C(=O)OCCN(CCOC(=O)C(C)(C)C)CCOC(=O)C(C)(C)C.CCC(=O)OCCN(CCOC(=O)CC)CCOC(=O)CC.CCCC(=O)OCCN(CCOC(=O)CCC)CCOC(=O)CCC.CCCCC(=O)OCCN(CCOC(=O)CCCC)CCOC(=O)CCCC.CCCCCC(=O)OCCN(CCOC(=O)CCCCC)CCOC(=O)CCCCC. The molecular weight excluding hydrogens is 1740 g/mol. The van der Waals surface area contributed by atoms with Crippen LogP contribution < -0.4 is 0 Å². The molecule has 0 aromatic heterocycles. The van der Waals surface area contributed by atoms with Gasteiger partial charge in [-0.2, -0.15) is 0 Å². The number of ether oxygens (including phenoxy) is 15. The number of rotatable bonds is 75. The molecule has 0 aromatic rings. The first-order chi connectivity index (χ1) is 63.7. The maximum atomic E-state index is 11.9. The molecule has 0 aliphatic carbocycles. The molecule has 134 heavy (non-hydrogen) atoms. The molecule has 0 rings (SSSR count). The quantitative estimate of drug-likeness (QED) is 0.0310. The lowest BCUT2D eigenvalue weighted by Crippen LogP contribution is -2.37. The van der Waals surface area contributed by atoms with Gasteiger partial charge in [0.1, 0.15) is 99.1 Å². The number of nitrogens with zero attached hydrogens (tertiary/aromatic N) is 5. The van der Waals surface area contributed by atoms with Crippen molar-refractivity contribution in [3.8, 4) is 0 Å². The standard InChI is InChI=1S/C24H45NO6.2C21H39NO6.C18H33NO6.C15H27NO6/c1-4-7-10-13-22(26)29-19-16-25(17-20-30-23(27)14-11-8-5-2)18-21-31-24(28)15-12-9-6-3;1-19(2,3)16(23)26-13-10-22(11-14-27-17(24)20(4,5)6)12-15-28-18(25)21(7,8)9;1-4-7-10-19(23)26-16-13-22(14-17-27-20(24)11-8-5-2)15-18-28-21(25)12-9-6-3;1-4-7-16(20)23-13-10-19(11-14-24-17(21)8-5-2)12-15-25-18(22)9-6-3;1-4-13(17)20-10-7-16(8-11-21-14(18)5-2)9-12-22-15(19)6-3/h4-21H2,1-3H3;10-15H2,1-9H3;4-18H2,1-3H3;4-15H2,1-3H3;4-12H2,1-3H3. The fraction of sp³-hybridized carbons (Fsp3) is 0.848. The van der Waals surface area contributed by atoms with E-state index >= 15 is 0 Å². The summed E-state index contributed by atoms with van der Waals surface area (Å²) >= 11 is 0. The first-order valence-corrected chi connectivity index (χ1v) is 49.7. The molecule has 0 amide bonds. The zero-order chi connectivity index (χ0) is 102. The van der Waals surface area contributed by atoms with E-state index in [1.54, 1.807) is 83.1 Å². The van der Waals surface area contributed by atoms with Crippen molar-refractivity contribution in [3.05, 3.63) is 0 Å². The molecule has 0 fully saturated rings. The molecule has 0 heterocycles. The highest BCUT2D eigenvalue weighted by atomic mass is 16.6. The van der Waals surface area contributed by atoms with Gasteiger partial charge in [0.2, 0.25) is 0 Å². The van der Waals surface area contributed by atoms with Gasteiger partial charge in [-0.15, -0.1) is 0 Å². The second-order valence-corrected chi connectivity index (χ2v) is 35.0. The normalized spacial score (nSPS) is 11.1. The Bertz CT molecular complexity index is 2750. The maximum Gasteiger partial charge on any atom is 0.311 e. The molecule has 0 unspecified atom stereocenters. The Kier molecular flexibility index (Phi) is 91.5. The Hall–Kier alpha value is -8.15. The van der Waals surface area contributed by atoms with Crippen molar-refractivity contribution in [2.45, 2.75) is 338 Å². The largest absolute Gasteiger partial charge is 0.464 e. The number of carbonyl (C=O) groups is 15. The molecule has 35 nitrogen and oxygen atoms in total. The number of unbranched alkanes of at least 4 members (excludes halogenated alkanes) is 9. The molecule has 0 saturated carbocycles. The summed E-state index contributed by atoms with van der Waals surface area (Å²) in [4.78, 5) is 183. The molecule has 0 aromatic carbocycles. The van der Waals surface area contributed by atoms with Gasteiger partial charge in [0.25, 0.3) is 0 Å². The van der Waals surface area contributed by atoms with Gasteiger partial charge in [-0.3, -0.25) is 96.4 Å². The molecule has 0 bridgehead atoms. The summed E-state index contributed by atoms with van der Waals surface area (Å²) in [5.74, 6) is -3.36. The highest BCUT2D eigenvalue weighted by Gasteiger charge is 2.27. The molecule has 0 aliphatic heterocycles. The summed E-state index contributed by atoms with van der Waals surface area (Å²) in [6.07, 6.45) is 21.2. The molecule has 0 N–H and O–H groups in total. The first-order valence-electron chi connectivity index (χ1n) is 49.7. The van der Waals surface area contributed by atoms with Gasteiger partial charge >= 0.3 is 89.5 Å². The monoisotopic (exact) mass is 1920 g/mol. The number of hydrogen-bond donors (Lipinski definition) is 0. The Morgan fingerprint density at radius 1 is 0.157 bits per heavy atom. The van der Waals surface area contributed by atoms with Crippen molar-refractivity contribution in [1.82, 2.24) is 24.5 Å². The zero-order valence-corrected chi connectivity index (χ0v) is 86.9. The van der Waals surface area contributed by atoms with Crippen molar-refractivity contribution in [2.24, 2.45) is 16.2 Å². The summed E-state index contributed by atoms with van der Waals surface area (Å²) in [5.41, 5.74) is -1.68. The minimum atomic E-state index is -0.560. The molecular formula is C99H183N5O30. The van der Waals surface area contributed by atoms with Crippen LogP contribution in [0.25, 0.3) is 0 Å². The van der Waals surface area contributed by atoms with Gasteiger partial charge in [0, 0.05) is 175 Å². The van der Waals surface area contributed by atoms with E-state index in [4.69, 9.17) is 71.1 Å². The zero-order valence-electron chi connectivity index (χ0n) is 86.9. The maximum absolute atomic E-state index is 11.9. The Morgan fingerprint density at radius 2 is 0.284 bits per heavy atom. The lowest BCUT2D eigenvalue weighted by molar-refractivity contribution is -0.155. The average molecular weight is 1920 g/mol. The van der Waals surface area contributed by atoms with Crippen LogP contribution in [0.2, 0.25) is 0 Å². The molecule has 0 saturated heterocycles. The molecule has 35 heteroatoms. The van der Waals surface area contributed by atoms with Gasteiger partial charge in [-0.25, -0.2) is 0 Å². The Morgan fingerprint density at radius 3 is 0.410 bits per heavy atom. The van der Waals surface area contributed by atoms with Gasteiger partial charge < -0.3 is 71.1 Å². The van der Waals surface area contributed by atoms with Crippen LogP contribution in [0.1, 0.15) is 338 Å². The lowest BCUT2D eigenvalue weighted by atomic mass is 9.97. The summed E-state index contributed by atoms with van der Waals surface area (Å²) < 4.78 is 78.1. The van der Waals surface area contributed by atoms with Gasteiger partial charge in [-0.05, 0) is 120 Å². The van der Waals surface area contributed by atoms with E-state index in [9.17, 15) is 71.9 Å². The van der Waals surface area contributed by atoms with Crippen LogP contribution in [0.4, 0.5) is 0 Å². The van der Waals surface area contributed by atoms with E-state index in [1.807, 2.05) is 66.0 Å². The fourth-order valence-electron chi connectivity index (χ4n) is 10.7. The van der Waals surface area contributed by atoms with Crippen LogP contribution in [0.5, 0.6) is 0 Å². The average Bonchev–Trinajstić information content (AvgIpc) is 0.916. The highest BCUT2D eigenvalue weighted by molar-refractivity contribution is 5.77. The van der Waals surface area contributed by atoms with Crippen LogP contribution in [-0.4, -0.2) is 311 Å². The number of hydrogen-bond acceptors (Lipinski definition) is 35. The molecule has 0 spiro atoms. The Balaban J connectivity index is -0.000000520. The van der Waals surface area contributed by atoms with E-state index in [1.165, 1.54) is 0 Å². The van der Waals surface area contributed by atoms with Gasteiger partial charge in [0.05, 0.1) is 16.2 Å². The second-order valence-electron chi connectivity index (χ2n) is 35.0. The van der Waals surface area contributed by atoms with E-state index in [-0.39, 0.29) is 189 Å². The second kappa shape index (κ2) is 91.3. The molecule has 0 radical (unpaired) electrons. The molecule has 0 atom stereocenters. The lowest BCUT2D eigenvalue weighted by Gasteiger charge is -2.25. The minimum Gasteiger partial charge on any atom is -0.464 e. The van der Waals surface area contributed by atoms with E-state index in [0.717, 1.165) is 116 Å². The van der Waals surface area contributed by atoms with Crippen LogP contribution in [0.15, 0.2) is 0 Å². The summed E-state index contributed by atoms with van der Waals surface area (Å²) in [7, 11) is 0. The summed E-state index contributed by atoms with van der Waals surface area (Å²) in [6, 6.07) is 0. The van der Waals surface area contributed by atoms with Crippen LogP contribution >= 0.6 is 0 Å². The van der Waals surface area contributed by atoms with Crippen molar-refractivity contribution < 1.29 is 143 Å². The van der Waals surface area contributed by atoms with Crippen molar-refractivity contribution in [3.63, 3.8) is 0 Å². The Labute approximate surface area is 804 Å². The topological polar surface area (TPSA) is 411 Å². The third-order valence-electron chi connectivity index (χ3n) is 19.2. The van der Waals surface area contributed by atoms with Crippen molar-refractivity contribution in [2.75, 3.05) is 197 Å². The number of esters is 15. The predicted molar refractivity (Wildman–Crippen MR) is 512 cm³/mol.